The lowest BCUT2D eigenvalue weighted by Gasteiger charge is -2.02. The topological polar surface area (TPSA) is 24.1 Å². The minimum atomic E-state index is 0.752. The van der Waals surface area contributed by atoms with Crippen molar-refractivity contribution in [1.29, 1.82) is 0 Å². The van der Waals surface area contributed by atoms with Gasteiger partial charge in [0.25, 0.3) is 0 Å². The normalized spacial score (nSPS) is 10.4. The first kappa shape index (κ1) is 11.1. The summed E-state index contributed by atoms with van der Waals surface area (Å²) in [6, 6.07) is 0. The zero-order chi connectivity index (χ0) is 8.36. The van der Waals surface area contributed by atoms with Crippen LogP contribution in [-0.4, -0.2) is 22.9 Å². The summed E-state index contributed by atoms with van der Waals surface area (Å²) in [5.74, 6) is 0. The zero-order valence-corrected chi connectivity index (χ0v) is 8.74. The molecular formula is C8H20N2Si. The van der Waals surface area contributed by atoms with Gasteiger partial charge < -0.3 is 9.96 Å². The van der Waals surface area contributed by atoms with Crippen molar-refractivity contribution in [2.75, 3.05) is 13.1 Å². The van der Waals surface area contributed by atoms with Crippen LogP contribution in [0.5, 0.6) is 0 Å². The Bertz CT molecular complexity index is 61.1. The van der Waals surface area contributed by atoms with Crippen molar-refractivity contribution in [2.24, 2.45) is 0 Å². The Kier molecular flexibility index (Phi) is 10.3. The highest BCUT2D eigenvalue weighted by Crippen LogP contribution is 1.81. The molecule has 0 aromatic carbocycles. The summed E-state index contributed by atoms with van der Waals surface area (Å²) < 4.78 is 0. The maximum Gasteiger partial charge on any atom is 0.245 e. The fourth-order valence-corrected chi connectivity index (χ4v) is 1.45. The van der Waals surface area contributed by atoms with E-state index in [2.05, 4.69) is 23.8 Å². The van der Waals surface area contributed by atoms with Crippen LogP contribution in [0.15, 0.2) is 0 Å². The molecule has 2 radical (unpaired) electrons. The van der Waals surface area contributed by atoms with Crippen LogP contribution in [0.1, 0.15) is 39.5 Å². The van der Waals surface area contributed by atoms with Crippen molar-refractivity contribution in [3.05, 3.63) is 0 Å². The third-order valence-electron chi connectivity index (χ3n) is 1.49. The van der Waals surface area contributed by atoms with Gasteiger partial charge in [-0.05, 0) is 25.9 Å². The van der Waals surface area contributed by atoms with Gasteiger partial charge in [0.05, 0.1) is 0 Å². The maximum atomic E-state index is 3.36. The monoisotopic (exact) mass is 172 g/mol. The van der Waals surface area contributed by atoms with E-state index in [-0.39, 0.29) is 0 Å². The van der Waals surface area contributed by atoms with Crippen molar-refractivity contribution >= 4 is 9.84 Å². The van der Waals surface area contributed by atoms with Gasteiger partial charge in [0, 0.05) is 0 Å². The summed E-state index contributed by atoms with van der Waals surface area (Å²) in [5.41, 5.74) is 0. The van der Waals surface area contributed by atoms with E-state index in [9.17, 15) is 0 Å². The maximum absolute atomic E-state index is 3.36. The number of hydrogen-bond acceptors (Lipinski definition) is 2. The van der Waals surface area contributed by atoms with Crippen molar-refractivity contribution in [1.82, 2.24) is 9.96 Å². The molecule has 0 spiro atoms. The molecule has 0 rings (SSSR count). The Labute approximate surface area is 73.1 Å². The lowest BCUT2D eigenvalue weighted by atomic mass is 10.3. The van der Waals surface area contributed by atoms with Gasteiger partial charge in [-0.2, -0.15) is 0 Å². The van der Waals surface area contributed by atoms with Crippen molar-refractivity contribution in [3.63, 3.8) is 0 Å². The molecule has 0 saturated heterocycles. The number of unbranched alkanes of at least 4 members (excludes halogenated alkanes) is 2. The molecule has 2 nitrogen and oxygen atoms in total. The van der Waals surface area contributed by atoms with Crippen molar-refractivity contribution < 1.29 is 0 Å². The molecule has 0 aromatic heterocycles. The minimum Gasteiger partial charge on any atom is -0.326 e. The molecule has 0 aliphatic heterocycles. The van der Waals surface area contributed by atoms with Crippen molar-refractivity contribution in [3.8, 4) is 0 Å². The molecule has 3 heteroatoms. The summed E-state index contributed by atoms with van der Waals surface area (Å²) in [6.45, 7) is 6.76. The van der Waals surface area contributed by atoms with Gasteiger partial charge >= 0.3 is 0 Å². The number of rotatable bonds is 8. The van der Waals surface area contributed by atoms with Crippen LogP contribution < -0.4 is 9.96 Å². The quantitative estimate of drug-likeness (QED) is 0.426. The SMILES string of the molecule is CCCCN[Si]NCCCC. The second-order valence-electron chi connectivity index (χ2n) is 2.69. The van der Waals surface area contributed by atoms with E-state index < -0.39 is 0 Å². The first-order valence-corrected chi connectivity index (χ1v) is 5.62. The predicted octanol–water partition coefficient (Wildman–Crippen LogP) is 1.30. The number of hydrogen-bond donors (Lipinski definition) is 2. The zero-order valence-electron chi connectivity index (χ0n) is 7.74. The van der Waals surface area contributed by atoms with Crippen LogP contribution in [0, 0.1) is 0 Å². The standard InChI is InChI=1S/C8H20N2Si/c1-3-5-7-9-11-10-8-6-4-2/h9-10H,3-8H2,1-2H3. The smallest absolute Gasteiger partial charge is 0.245 e. The number of nitrogens with one attached hydrogen (secondary N) is 2. The highest BCUT2D eigenvalue weighted by molar-refractivity contribution is 6.28. The van der Waals surface area contributed by atoms with Crippen molar-refractivity contribution in [2.45, 2.75) is 39.5 Å². The third-order valence-corrected chi connectivity index (χ3v) is 2.34. The van der Waals surface area contributed by atoms with Gasteiger partial charge in [-0.25, -0.2) is 0 Å². The molecule has 66 valence electrons. The van der Waals surface area contributed by atoms with Crippen LogP contribution in [-0.2, 0) is 0 Å². The Hall–Kier alpha value is 0.137. The third kappa shape index (κ3) is 10.1. The van der Waals surface area contributed by atoms with E-state index >= 15 is 0 Å². The van der Waals surface area contributed by atoms with E-state index in [0.717, 1.165) is 22.9 Å². The lowest BCUT2D eigenvalue weighted by Crippen LogP contribution is -2.34. The minimum absolute atomic E-state index is 0.752. The largest absolute Gasteiger partial charge is 0.326 e. The molecule has 0 amide bonds. The van der Waals surface area contributed by atoms with E-state index in [1.807, 2.05) is 0 Å². The first-order valence-electron chi connectivity index (χ1n) is 4.62. The Balaban J connectivity index is 2.69. The molecule has 0 aliphatic carbocycles. The fourth-order valence-electron chi connectivity index (χ4n) is 0.718. The molecule has 0 aliphatic rings. The van der Waals surface area contributed by atoms with Crippen LogP contribution >= 0.6 is 0 Å². The molecular weight excluding hydrogens is 152 g/mol. The van der Waals surface area contributed by atoms with Gasteiger partial charge in [-0.15, -0.1) is 0 Å². The van der Waals surface area contributed by atoms with Gasteiger partial charge in [0.2, 0.25) is 9.84 Å². The molecule has 0 fully saturated rings. The molecule has 0 atom stereocenters. The predicted molar refractivity (Wildman–Crippen MR) is 51.6 cm³/mol. The Morgan fingerprint density at radius 3 is 1.73 bits per heavy atom. The molecule has 0 saturated carbocycles. The molecule has 0 aromatic rings. The van der Waals surface area contributed by atoms with Gasteiger partial charge in [-0.3, -0.25) is 0 Å². The van der Waals surface area contributed by atoms with Crippen LogP contribution in [0.3, 0.4) is 0 Å². The fraction of sp³-hybridized carbons (Fsp3) is 1.00. The molecule has 11 heavy (non-hydrogen) atoms. The summed E-state index contributed by atoms with van der Waals surface area (Å²) in [5, 5.41) is 0. The Morgan fingerprint density at radius 1 is 0.909 bits per heavy atom. The summed E-state index contributed by atoms with van der Waals surface area (Å²) >= 11 is 0. The first-order chi connectivity index (χ1) is 5.41. The van der Waals surface area contributed by atoms with E-state index in [4.69, 9.17) is 0 Å². The summed E-state index contributed by atoms with van der Waals surface area (Å²) in [6.07, 6.45) is 5.16. The van der Waals surface area contributed by atoms with Crippen LogP contribution in [0.2, 0.25) is 0 Å². The van der Waals surface area contributed by atoms with E-state index in [0.29, 0.717) is 0 Å². The summed E-state index contributed by atoms with van der Waals surface area (Å²) in [4.78, 5) is 6.72. The lowest BCUT2D eigenvalue weighted by molar-refractivity contribution is 0.733. The van der Waals surface area contributed by atoms with Gasteiger partial charge in [-0.1, -0.05) is 26.7 Å². The van der Waals surface area contributed by atoms with Gasteiger partial charge in [0.15, 0.2) is 0 Å². The average Bonchev–Trinajstić information content (AvgIpc) is 2.03. The highest BCUT2D eigenvalue weighted by atomic mass is 28.2. The molecule has 0 unspecified atom stereocenters. The van der Waals surface area contributed by atoms with E-state index in [1.54, 1.807) is 0 Å². The molecule has 0 heterocycles. The van der Waals surface area contributed by atoms with Crippen LogP contribution in [0.4, 0.5) is 0 Å². The molecule has 0 bridgehead atoms. The van der Waals surface area contributed by atoms with Gasteiger partial charge in [0.1, 0.15) is 0 Å². The highest BCUT2D eigenvalue weighted by Gasteiger charge is 1.87. The van der Waals surface area contributed by atoms with E-state index in [1.165, 1.54) is 25.7 Å². The second kappa shape index (κ2) is 10.1. The molecule has 2 N–H and O–H groups in total. The average molecular weight is 172 g/mol. The second-order valence-corrected chi connectivity index (χ2v) is 3.64. The Morgan fingerprint density at radius 2 is 1.36 bits per heavy atom. The van der Waals surface area contributed by atoms with Crippen LogP contribution in [0.25, 0.3) is 0 Å². The summed E-state index contributed by atoms with van der Waals surface area (Å²) in [7, 11) is 0.752.